The molecule has 3 N–H and O–H groups in total. The fourth-order valence-electron chi connectivity index (χ4n) is 4.60. The van der Waals surface area contributed by atoms with Gasteiger partial charge in [0.15, 0.2) is 0 Å². The van der Waals surface area contributed by atoms with Crippen molar-refractivity contribution in [3.63, 3.8) is 0 Å². The molecule has 5 unspecified atom stereocenters. The molecule has 1 aromatic rings. The van der Waals surface area contributed by atoms with Crippen LogP contribution in [0.25, 0.3) is 0 Å². The van der Waals surface area contributed by atoms with Crippen LogP contribution >= 0.6 is 11.6 Å². The summed E-state index contributed by atoms with van der Waals surface area (Å²) >= 11 is 6.57. The fraction of sp³-hybridized carbons (Fsp3) is 0.708. The molecule has 0 aromatic heterocycles. The zero-order valence-corrected chi connectivity index (χ0v) is 18.4. The smallest absolute Gasteiger partial charge is 0.303 e. The van der Waals surface area contributed by atoms with Gasteiger partial charge in [0, 0.05) is 17.7 Å². The maximum absolute atomic E-state index is 10.6. The minimum Gasteiger partial charge on any atom is -0.481 e. The predicted octanol–water partition coefficient (Wildman–Crippen LogP) is 5.80. The van der Waals surface area contributed by atoms with Crippen LogP contribution in [-0.4, -0.2) is 32.8 Å². The van der Waals surface area contributed by atoms with Gasteiger partial charge in [0.2, 0.25) is 0 Å². The molecule has 1 saturated carbocycles. The lowest BCUT2D eigenvalue weighted by atomic mass is 9.83. The van der Waals surface area contributed by atoms with Crippen LogP contribution in [0.1, 0.15) is 101 Å². The Labute approximate surface area is 180 Å². The Kier molecular flexibility index (Phi) is 10.5. The van der Waals surface area contributed by atoms with Gasteiger partial charge in [-0.15, -0.1) is 11.6 Å². The summed E-state index contributed by atoms with van der Waals surface area (Å²) in [5.74, 6) is -0.474. The number of aliphatic hydroxyl groups is 2. The van der Waals surface area contributed by atoms with Crippen molar-refractivity contribution in [2.45, 2.75) is 101 Å². The van der Waals surface area contributed by atoms with E-state index in [1.165, 1.54) is 0 Å². The van der Waals surface area contributed by atoms with Gasteiger partial charge in [-0.1, -0.05) is 69.7 Å². The average molecular weight is 425 g/mol. The molecule has 2 rings (SSSR count). The van der Waals surface area contributed by atoms with E-state index in [9.17, 15) is 15.0 Å². The predicted molar refractivity (Wildman–Crippen MR) is 117 cm³/mol. The van der Waals surface area contributed by atoms with Crippen LogP contribution in [0.15, 0.2) is 24.3 Å². The van der Waals surface area contributed by atoms with Crippen LogP contribution in [0.2, 0.25) is 0 Å². The van der Waals surface area contributed by atoms with Gasteiger partial charge in [0.05, 0.1) is 12.2 Å². The number of benzene rings is 1. The Hall–Kier alpha value is -1.10. The van der Waals surface area contributed by atoms with E-state index in [0.717, 1.165) is 68.9 Å². The summed E-state index contributed by atoms with van der Waals surface area (Å²) in [5, 5.41) is 29.7. The summed E-state index contributed by atoms with van der Waals surface area (Å²) in [6.45, 7) is 2.16. The lowest BCUT2D eigenvalue weighted by Crippen LogP contribution is -2.19. The molecule has 29 heavy (non-hydrogen) atoms. The number of carboxylic acids is 1. The molecule has 0 spiro atoms. The summed E-state index contributed by atoms with van der Waals surface area (Å²) in [5.41, 5.74) is 2.04. The maximum atomic E-state index is 10.6. The van der Waals surface area contributed by atoms with Crippen LogP contribution in [0, 0.1) is 5.92 Å². The summed E-state index contributed by atoms with van der Waals surface area (Å²) in [4.78, 5) is 10.6. The van der Waals surface area contributed by atoms with E-state index in [2.05, 4.69) is 6.92 Å². The average Bonchev–Trinajstić information content (AvgIpc) is 2.97. The highest BCUT2D eigenvalue weighted by atomic mass is 35.5. The number of aliphatic carboxylic acids is 1. The Morgan fingerprint density at radius 3 is 2.45 bits per heavy atom. The SMILES string of the molecule is CCCCCC(O)c1ccc(C2C(O)CC(Cl)C2CCCCCCC(=O)O)cc1. The highest BCUT2D eigenvalue weighted by Gasteiger charge is 2.41. The number of hydrogen-bond donors (Lipinski definition) is 3. The number of rotatable bonds is 13. The molecule has 0 bridgehead atoms. The minimum atomic E-state index is -0.733. The maximum Gasteiger partial charge on any atom is 0.303 e. The molecule has 1 fully saturated rings. The first-order chi connectivity index (χ1) is 13.9. The van der Waals surface area contributed by atoms with E-state index in [-0.39, 0.29) is 23.6 Å². The van der Waals surface area contributed by atoms with Gasteiger partial charge in [-0.25, -0.2) is 0 Å². The number of aliphatic hydroxyl groups excluding tert-OH is 2. The molecule has 4 nitrogen and oxygen atoms in total. The zero-order valence-electron chi connectivity index (χ0n) is 17.6. The molecule has 1 aliphatic carbocycles. The van der Waals surface area contributed by atoms with Crippen molar-refractivity contribution in [3.8, 4) is 0 Å². The molecule has 1 aliphatic rings. The minimum absolute atomic E-state index is 0.0304. The Bertz CT molecular complexity index is 603. The van der Waals surface area contributed by atoms with Crippen molar-refractivity contribution in [1.82, 2.24) is 0 Å². The lowest BCUT2D eigenvalue weighted by Gasteiger charge is -2.24. The van der Waals surface area contributed by atoms with Crippen LogP contribution < -0.4 is 0 Å². The van der Waals surface area contributed by atoms with Crippen molar-refractivity contribution in [1.29, 1.82) is 0 Å². The van der Waals surface area contributed by atoms with E-state index in [1.807, 2.05) is 24.3 Å². The van der Waals surface area contributed by atoms with Crippen molar-refractivity contribution < 1.29 is 20.1 Å². The quantitative estimate of drug-likeness (QED) is 0.276. The number of alkyl halides is 1. The van der Waals surface area contributed by atoms with Gasteiger partial charge in [-0.3, -0.25) is 4.79 Å². The summed E-state index contributed by atoms with van der Waals surface area (Å²) in [6.07, 6.45) is 8.68. The zero-order chi connectivity index (χ0) is 21.2. The van der Waals surface area contributed by atoms with Crippen LogP contribution in [0.3, 0.4) is 0 Å². The molecule has 164 valence electrons. The summed E-state index contributed by atoms with van der Waals surface area (Å²) in [7, 11) is 0. The van der Waals surface area contributed by atoms with Gasteiger partial charge >= 0.3 is 5.97 Å². The molecule has 0 heterocycles. The summed E-state index contributed by atoms with van der Waals surface area (Å²) < 4.78 is 0. The van der Waals surface area contributed by atoms with E-state index in [1.54, 1.807) is 0 Å². The number of halogens is 1. The molecule has 0 saturated heterocycles. The van der Waals surface area contributed by atoms with E-state index in [0.29, 0.717) is 6.42 Å². The third-order valence-electron chi connectivity index (χ3n) is 6.27. The summed E-state index contributed by atoms with van der Waals surface area (Å²) in [6, 6.07) is 8.06. The second-order valence-corrected chi connectivity index (χ2v) is 9.09. The van der Waals surface area contributed by atoms with Gasteiger partial charge < -0.3 is 15.3 Å². The monoisotopic (exact) mass is 424 g/mol. The van der Waals surface area contributed by atoms with E-state index >= 15 is 0 Å². The Balaban J connectivity index is 1.91. The first-order valence-corrected chi connectivity index (χ1v) is 11.7. The van der Waals surface area contributed by atoms with Crippen LogP contribution in [-0.2, 0) is 4.79 Å². The number of hydrogen-bond acceptors (Lipinski definition) is 3. The fourth-order valence-corrected chi connectivity index (χ4v) is 5.06. The standard InChI is InChI=1S/C24H37ClO4/c1-2-3-6-10-21(26)17-12-14-18(15-13-17)24-19(20(25)16-22(24)27)9-7-4-5-8-11-23(28)29/h12-15,19-22,24,26-27H,2-11,16H2,1H3,(H,28,29). The van der Waals surface area contributed by atoms with Gasteiger partial charge in [-0.2, -0.15) is 0 Å². The molecular weight excluding hydrogens is 388 g/mol. The number of unbranched alkanes of at least 4 members (excludes halogenated alkanes) is 5. The topological polar surface area (TPSA) is 77.8 Å². The third kappa shape index (κ3) is 7.58. The number of carboxylic acid groups (broad SMARTS) is 1. The van der Waals surface area contributed by atoms with Crippen LogP contribution in [0.4, 0.5) is 0 Å². The largest absolute Gasteiger partial charge is 0.481 e. The van der Waals surface area contributed by atoms with Gasteiger partial charge in [-0.05, 0) is 42.7 Å². The molecule has 1 aromatic carbocycles. The second-order valence-electron chi connectivity index (χ2n) is 8.53. The van der Waals surface area contributed by atoms with Gasteiger partial charge in [0.1, 0.15) is 0 Å². The lowest BCUT2D eigenvalue weighted by molar-refractivity contribution is -0.137. The van der Waals surface area contributed by atoms with Crippen molar-refractivity contribution in [2.24, 2.45) is 5.92 Å². The second kappa shape index (κ2) is 12.6. The molecule has 5 atom stereocenters. The van der Waals surface area contributed by atoms with E-state index in [4.69, 9.17) is 16.7 Å². The van der Waals surface area contributed by atoms with Crippen LogP contribution in [0.5, 0.6) is 0 Å². The Morgan fingerprint density at radius 2 is 1.79 bits per heavy atom. The Morgan fingerprint density at radius 1 is 1.10 bits per heavy atom. The number of carbonyl (C=O) groups is 1. The van der Waals surface area contributed by atoms with Crippen molar-refractivity contribution >= 4 is 17.6 Å². The first-order valence-electron chi connectivity index (χ1n) is 11.3. The normalized spacial score (nSPS) is 25.2. The highest BCUT2D eigenvalue weighted by molar-refractivity contribution is 6.21. The van der Waals surface area contributed by atoms with Crippen molar-refractivity contribution in [3.05, 3.63) is 35.4 Å². The third-order valence-corrected chi connectivity index (χ3v) is 6.77. The molecular formula is C24H37ClO4. The molecule has 0 radical (unpaired) electrons. The molecule has 0 amide bonds. The van der Waals surface area contributed by atoms with E-state index < -0.39 is 18.2 Å². The van der Waals surface area contributed by atoms with Gasteiger partial charge in [0.25, 0.3) is 0 Å². The highest BCUT2D eigenvalue weighted by Crippen LogP contribution is 2.45. The molecule has 0 aliphatic heterocycles. The van der Waals surface area contributed by atoms with Crippen molar-refractivity contribution in [2.75, 3.05) is 0 Å². The first kappa shape index (κ1) is 24.2. The molecule has 5 heteroatoms.